The number of H-pyrrole nitrogens is 1. The molecule has 0 aliphatic carbocycles. The molecule has 1 aliphatic rings. The van der Waals surface area contributed by atoms with Gasteiger partial charge in [0.2, 0.25) is 0 Å². The zero-order chi connectivity index (χ0) is 19.8. The Labute approximate surface area is 173 Å². The summed E-state index contributed by atoms with van der Waals surface area (Å²) in [7, 11) is 1.84. The topological polar surface area (TPSA) is 135 Å². The molecule has 154 valence electrons. The largest absolute Gasteiger partial charge is 0.383 e. The molecular weight excluding hydrogens is 396 g/mol. The Morgan fingerprint density at radius 1 is 1.31 bits per heavy atom. The maximum absolute atomic E-state index is 13.0. The van der Waals surface area contributed by atoms with Crippen LogP contribution in [0.1, 0.15) is 31.5 Å². The second-order valence-corrected chi connectivity index (χ2v) is 7.21. The molecule has 11 heteroatoms. The third-order valence-electron chi connectivity index (χ3n) is 5.24. The molecule has 1 fully saturated rings. The van der Waals surface area contributed by atoms with Crippen LogP contribution >= 0.6 is 12.4 Å². The monoisotopic (exact) mass is 418 g/mol. The van der Waals surface area contributed by atoms with E-state index in [4.69, 9.17) is 5.73 Å². The van der Waals surface area contributed by atoms with Gasteiger partial charge in [0.15, 0.2) is 0 Å². The first-order chi connectivity index (χ1) is 13.5. The van der Waals surface area contributed by atoms with E-state index in [0.29, 0.717) is 34.9 Å². The lowest BCUT2D eigenvalue weighted by atomic mass is 9.92. The van der Waals surface area contributed by atoms with Crippen LogP contribution < -0.4 is 11.1 Å². The Bertz CT molecular complexity index is 1050. The fourth-order valence-corrected chi connectivity index (χ4v) is 3.75. The van der Waals surface area contributed by atoms with Gasteiger partial charge in [-0.15, -0.1) is 12.4 Å². The van der Waals surface area contributed by atoms with Crippen molar-refractivity contribution >= 4 is 46.6 Å². The standard InChI is InChI=1S/C18H22N8O2.ClH/c1-10-3-4-14(13-5-6-22-25(13)2)26(9-10)18(28)17(27)23-12-8-20-16(19)11-7-21-24-15(11)12;/h5-8,10,14H,3-4,9H2,1-2H3,(H2,19,20)(H,21,24)(H,23,27);1H. The maximum Gasteiger partial charge on any atom is 0.314 e. The molecule has 2 amide bonds. The number of likely N-dealkylation sites (tertiary alicyclic amines) is 1. The van der Waals surface area contributed by atoms with Crippen LogP contribution in [0.15, 0.2) is 24.7 Å². The normalized spacial score (nSPS) is 19.0. The first-order valence-corrected chi connectivity index (χ1v) is 9.13. The molecule has 10 nitrogen and oxygen atoms in total. The number of nitrogens with one attached hydrogen (secondary N) is 2. The van der Waals surface area contributed by atoms with Gasteiger partial charge >= 0.3 is 11.8 Å². The van der Waals surface area contributed by atoms with Gasteiger partial charge in [-0.2, -0.15) is 10.2 Å². The van der Waals surface area contributed by atoms with Crippen molar-refractivity contribution in [1.29, 1.82) is 0 Å². The van der Waals surface area contributed by atoms with E-state index < -0.39 is 11.8 Å². The number of pyridine rings is 1. The van der Waals surface area contributed by atoms with Crippen molar-refractivity contribution in [3.05, 3.63) is 30.4 Å². The molecule has 0 saturated carbocycles. The molecule has 4 rings (SSSR count). The predicted octanol–water partition coefficient (Wildman–Crippen LogP) is 1.63. The molecule has 2 atom stereocenters. The van der Waals surface area contributed by atoms with Crippen molar-refractivity contribution in [2.75, 3.05) is 17.6 Å². The second kappa shape index (κ2) is 8.08. The number of carbonyl (C=O) groups excluding carboxylic acids is 2. The van der Waals surface area contributed by atoms with Gasteiger partial charge in [-0.05, 0) is 24.8 Å². The summed E-state index contributed by atoms with van der Waals surface area (Å²) in [5.74, 6) is -0.682. The number of nitrogens with zero attached hydrogens (tertiary/aromatic N) is 5. The predicted molar refractivity (Wildman–Crippen MR) is 110 cm³/mol. The molecule has 3 aromatic heterocycles. The Morgan fingerprint density at radius 3 is 2.83 bits per heavy atom. The van der Waals surface area contributed by atoms with Crippen molar-refractivity contribution in [3.8, 4) is 0 Å². The summed E-state index contributed by atoms with van der Waals surface area (Å²) in [6, 6.07) is 1.70. The van der Waals surface area contributed by atoms with Gasteiger partial charge in [-0.25, -0.2) is 4.98 Å². The Hall–Kier alpha value is -3.14. The molecule has 29 heavy (non-hydrogen) atoms. The molecule has 2 unspecified atom stereocenters. The van der Waals surface area contributed by atoms with Crippen LogP contribution in [-0.4, -0.2) is 48.2 Å². The van der Waals surface area contributed by atoms with Crippen LogP contribution in [0.2, 0.25) is 0 Å². The van der Waals surface area contributed by atoms with E-state index in [2.05, 4.69) is 32.5 Å². The van der Waals surface area contributed by atoms with E-state index in [1.165, 1.54) is 12.4 Å². The third-order valence-corrected chi connectivity index (χ3v) is 5.24. The third kappa shape index (κ3) is 3.75. The zero-order valence-electron chi connectivity index (χ0n) is 16.1. The summed E-state index contributed by atoms with van der Waals surface area (Å²) in [6.45, 7) is 2.59. The summed E-state index contributed by atoms with van der Waals surface area (Å²) in [5, 5.41) is 14.1. The fourth-order valence-electron chi connectivity index (χ4n) is 3.75. The zero-order valence-corrected chi connectivity index (χ0v) is 16.9. The highest BCUT2D eigenvalue weighted by Crippen LogP contribution is 2.33. The number of hydrogen-bond acceptors (Lipinski definition) is 6. The van der Waals surface area contributed by atoms with Crippen molar-refractivity contribution in [3.63, 3.8) is 0 Å². The number of piperidine rings is 1. The number of nitrogens with two attached hydrogens (primary N) is 1. The van der Waals surface area contributed by atoms with E-state index >= 15 is 0 Å². The minimum absolute atomic E-state index is 0. The number of halogens is 1. The van der Waals surface area contributed by atoms with E-state index in [0.717, 1.165) is 18.5 Å². The average Bonchev–Trinajstić information content (AvgIpc) is 3.33. The number of aromatic amines is 1. The van der Waals surface area contributed by atoms with Crippen LogP contribution in [0.3, 0.4) is 0 Å². The molecule has 0 aromatic carbocycles. The first kappa shape index (κ1) is 20.6. The number of anilines is 2. The average molecular weight is 419 g/mol. The number of fused-ring (bicyclic) bond motifs is 1. The Kier molecular flexibility index (Phi) is 5.73. The van der Waals surface area contributed by atoms with Crippen LogP contribution in [0.5, 0.6) is 0 Å². The van der Waals surface area contributed by atoms with Crippen LogP contribution in [0.25, 0.3) is 10.9 Å². The molecule has 4 heterocycles. The van der Waals surface area contributed by atoms with E-state index in [1.54, 1.807) is 15.8 Å². The van der Waals surface area contributed by atoms with Gasteiger partial charge in [0, 0.05) is 19.8 Å². The Morgan fingerprint density at radius 2 is 2.10 bits per heavy atom. The number of nitrogen functional groups attached to an aromatic ring is 1. The van der Waals surface area contributed by atoms with Crippen LogP contribution in [0, 0.1) is 5.92 Å². The van der Waals surface area contributed by atoms with Crippen molar-refractivity contribution in [2.45, 2.75) is 25.8 Å². The fraction of sp³-hybridized carbons (Fsp3) is 0.389. The highest BCUT2D eigenvalue weighted by molar-refractivity contribution is 6.40. The van der Waals surface area contributed by atoms with E-state index in [-0.39, 0.29) is 18.4 Å². The highest BCUT2D eigenvalue weighted by atomic mass is 35.5. The van der Waals surface area contributed by atoms with Crippen molar-refractivity contribution in [1.82, 2.24) is 29.9 Å². The molecule has 0 bridgehead atoms. The van der Waals surface area contributed by atoms with Crippen LogP contribution in [-0.2, 0) is 16.6 Å². The van der Waals surface area contributed by atoms with Gasteiger partial charge in [0.05, 0.1) is 40.7 Å². The summed E-state index contributed by atoms with van der Waals surface area (Å²) in [6.07, 6.45) is 6.41. The number of aryl methyl sites for hydroxylation is 1. The number of rotatable bonds is 2. The van der Waals surface area contributed by atoms with Gasteiger partial charge in [-0.1, -0.05) is 6.92 Å². The minimum atomic E-state index is -0.719. The Balaban J connectivity index is 0.00000240. The van der Waals surface area contributed by atoms with Crippen LogP contribution in [0.4, 0.5) is 11.5 Å². The summed E-state index contributed by atoms with van der Waals surface area (Å²) in [4.78, 5) is 31.5. The lowest BCUT2D eigenvalue weighted by molar-refractivity contribution is -0.146. The molecule has 4 N–H and O–H groups in total. The lowest BCUT2D eigenvalue weighted by Gasteiger charge is -2.38. The highest BCUT2D eigenvalue weighted by Gasteiger charge is 2.35. The molecule has 0 radical (unpaired) electrons. The second-order valence-electron chi connectivity index (χ2n) is 7.21. The number of hydrogen-bond donors (Lipinski definition) is 3. The van der Waals surface area contributed by atoms with E-state index in [9.17, 15) is 9.59 Å². The first-order valence-electron chi connectivity index (χ1n) is 9.13. The number of carbonyl (C=O) groups is 2. The summed E-state index contributed by atoms with van der Waals surface area (Å²) in [5.41, 5.74) is 7.62. The summed E-state index contributed by atoms with van der Waals surface area (Å²) >= 11 is 0. The molecule has 1 saturated heterocycles. The van der Waals surface area contributed by atoms with Crippen molar-refractivity contribution < 1.29 is 9.59 Å². The molecular formula is C18H23ClN8O2. The maximum atomic E-state index is 13.0. The minimum Gasteiger partial charge on any atom is -0.383 e. The van der Waals surface area contributed by atoms with Gasteiger partial charge in [0.25, 0.3) is 0 Å². The lowest BCUT2D eigenvalue weighted by Crippen LogP contribution is -2.47. The SMILES string of the molecule is CC1CCC(c2ccnn2C)N(C(=O)C(=O)Nc2cnc(N)c3cn[nH]c23)C1.Cl. The quantitative estimate of drug-likeness (QED) is 0.541. The number of aromatic nitrogens is 5. The molecule has 1 aliphatic heterocycles. The van der Waals surface area contributed by atoms with Crippen molar-refractivity contribution in [2.24, 2.45) is 13.0 Å². The number of amides is 2. The molecule has 3 aromatic rings. The smallest absolute Gasteiger partial charge is 0.314 e. The van der Waals surface area contributed by atoms with Gasteiger partial charge in [0.1, 0.15) is 5.82 Å². The van der Waals surface area contributed by atoms with E-state index in [1.807, 2.05) is 13.1 Å². The van der Waals surface area contributed by atoms with Gasteiger partial charge < -0.3 is 16.0 Å². The van der Waals surface area contributed by atoms with Gasteiger partial charge in [-0.3, -0.25) is 19.4 Å². The molecule has 0 spiro atoms. The summed E-state index contributed by atoms with van der Waals surface area (Å²) < 4.78 is 1.75.